The molecule has 0 radical (unpaired) electrons. The molecule has 6 rings (SSSR count). The molecule has 1 amide bonds. The fourth-order valence-electron chi connectivity index (χ4n) is 8.77. The summed E-state index contributed by atoms with van der Waals surface area (Å²) in [6, 6.07) is -1.61. The summed E-state index contributed by atoms with van der Waals surface area (Å²) in [5.41, 5.74) is 0. The summed E-state index contributed by atoms with van der Waals surface area (Å²) < 4.78 is 62.4. The largest absolute Gasteiger partial charge is 0.394 e. The molecule has 0 aromatic carbocycles. The van der Waals surface area contributed by atoms with Crippen LogP contribution in [0.5, 0.6) is 0 Å². The molecule has 6 aliphatic heterocycles. The highest BCUT2D eigenvalue weighted by atomic mass is 16.8. The molecule has 32 nitrogen and oxygen atoms in total. The van der Waals surface area contributed by atoms with Crippen molar-refractivity contribution < 1.29 is 154 Å². The first-order chi connectivity index (χ1) is 33.1. The predicted octanol–water partition coefficient (Wildman–Crippen LogP) is -14.0. The van der Waals surface area contributed by atoms with Gasteiger partial charge >= 0.3 is 0 Å². The first-order valence-corrected chi connectivity index (χ1v) is 22.1. The van der Waals surface area contributed by atoms with Gasteiger partial charge in [-0.2, -0.15) is 0 Å². The number of rotatable bonds is 17. The van der Waals surface area contributed by atoms with Gasteiger partial charge in [0.05, 0.1) is 39.6 Å². The van der Waals surface area contributed by atoms with Crippen LogP contribution in [0, 0.1) is 0 Å². The highest BCUT2D eigenvalue weighted by Crippen LogP contribution is 2.36. The van der Waals surface area contributed by atoms with E-state index in [1.807, 2.05) is 0 Å². The first-order valence-electron chi connectivity index (χ1n) is 22.1. The van der Waals surface area contributed by atoms with Crippen LogP contribution in [0.15, 0.2) is 0 Å². The second-order valence-corrected chi connectivity index (χ2v) is 17.5. The number of carbonyl (C=O) groups excluding carboxylic acids is 1. The Bertz CT molecular complexity index is 1630. The van der Waals surface area contributed by atoms with Crippen LogP contribution >= 0.6 is 0 Å². The molecule has 0 aromatic rings. The summed E-state index contributed by atoms with van der Waals surface area (Å²) in [6.45, 7) is -4.72. The maximum atomic E-state index is 11.9. The number of nitrogens with one attached hydrogen (secondary N) is 1. The van der Waals surface area contributed by atoms with Crippen molar-refractivity contribution in [1.82, 2.24) is 5.32 Å². The fourth-order valence-corrected chi connectivity index (χ4v) is 8.77. The van der Waals surface area contributed by atoms with E-state index >= 15 is 0 Å². The maximum absolute atomic E-state index is 11.9. The van der Waals surface area contributed by atoms with Gasteiger partial charge in [0.25, 0.3) is 0 Å². The van der Waals surface area contributed by atoms with E-state index in [2.05, 4.69) is 5.32 Å². The predicted molar refractivity (Wildman–Crippen MR) is 211 cm³/mol. The molecule has 6 heterocycles. The van der Waals surface area contributed by atoms with Crippen LogP contribution in [0.2, 0.25) is 0 Å². The molecule has 70 heavy (non-hydrogen) atoms. The van der Waals surface area contributed by atoms with E-state index in [-0.39, 0.29) is 0 Å². The van der Waals surface area contributed by atoms with Crippen LogP contribution in [0.25, 0.3) is 0 Å². The maximum Gasteiger partial charge on any atom is 0.217 e. The van der Waals surface area contributed by atoms with Gasteiger partial charge in [-0.3, -0.25) is 4.79 Å². The van der Waals surface area contributed by atoms with Crippen molar-refractivity contribution in [1.29, 1.82) is 0 Å². The van der Waals surface area contributed by atoms with Crippen molar-refractivity contribution in [3.05, 3.63) is 0 Å². The average molecular weight is 1030 g/mol. The van der Waals surface area contributed by atoms with Crippen molar-refractivity contribution in [3.63, 3.8) is 0 Å². The molecule has 408 valence electrons. The molecular weight excluding hydrogens is 966 g/mol. The zero-order chi connectivity index (χ0) is 51.6. The van der Waals surface area contributed by atoms with Crippen LogP contribution in [-0.2, 0) is 56.9 Å². The smallest absolute Gasteiger partial charge is 0.217 e. The Morgan fingerprint density at radius 1 is 0.371 bits per heavy atom. The van der Waals surface area contributed by atoms with Gasteiger partial charge in [-0.05, 0) is 0 Å². The molecule has 0 bridgehead atoms. The van der Waals surface area contributed by atoms with Crippen molar-refractivity contribution in [2.75, 3.05) is 39.6 Å². The topological polar surface area (TPSA) is 515 Å². The number of aliphatic hydroxyl groups excluding tert-OH is 19. The molecule has 32 heteroatoms. The Morgan fingerprint density at radius 2 is 0.743 bits per heavy atom. The Balaban J connectivity index is 1.29. The molecule has 20 N–H and O–H groups in total. The normalized spacial score (nSPS) is 51.5. The molecule has 0 spiro atoms. The van der Waals surface area contributed by atoms with Gasteiger partial charge in [-0.1, -0.05) is 0 Å². The second kappa shape index (κ2) is 24.7. The summed E-state index contributed by atoms with van der Waals surface area (Å²) in [7, 11) is 0. The van der Waals surface area contributed by atoms with E-state index in [0.29, 0.717) is 0 Å². The summed E-state index contributed by atoms with van der Waals surface area (Å²) in [5, 5.41) is 204. The van der Waals surface area contributed by atoms with E-state index in [4.69, 9.17) is 52.1 Å². The van der Waals surface area contributed by atoms with Crippen molar-refractivity contribution in [3.8, 4) is 0 Å². The number of ether oxygens (including phenoxy) is 11. The minimum absolute atomic E-state index is 0.752. The van der Waals surface area contributed by atoms with Crippen molar-refractivity contribution in [2.24, 2.45) is 0 Å². The number of amides is 1. The number of aliphatic hydroxyl groups is 19. The van der Waals surface area contributed by atoms with Crippen LogP contribution in [0.1, 0.15) is 6.92 Å². The lowest BCUT2D eigenvalue weighted by atomic mass is 9.95. The minimum atomic E-state index is -2.22. The lowest BCUT2D eigenvalue weighted by molar-refractivity contribution is -0.398. The molecule has 1 unspecified atom stereocenters. The Hall–Kier alpha value is -1.73. The van der Waals surface area contributed by atoms with E-state index in [9.17, 15) is 102 Å². The number of hydrogen-bond acceptors (Lipinski definition) is 31. The van der Waals surface area contributed by atoms with E-state index < -0.39 is 230 Å². The van der Waals surface area contributed by atoms with E-state index in [1.165, 1.54) is 0 Å². The fraction of sp³-hybridized carbons (Fsp3) is 0.974. The zero-order valence-corrected chi connectivity index (χ0v) is 37.0. The van der Waals surface area contributed by atoms with Crippen molar-refractivity contribution >= 4 is 5.91 Å². The number of carbonyl (C=O) groups is 1. The molecular formula is C38H65NO31. The van der Waals surface area contributed by atoms with Gasteiger partial charge in [0.15, 0.2) is 37.7 Å². The third-order valence-corrected chi connectivity index (χ3v) is 12.8. The molecule has 0 saturated carbocycles. The van der Waals surface area contributed by atoms with Gasteiger partial charge in [0.1, 0.15) is 146 Å². The summed E-state index contributed by atoms with van der Waals surface area (Å²) >= 11 is 0. The average Bonchev–Trinajstić information content (AvgIpc) is 3.33. The zero-order valence-electron chi connectivity index (χ0n) is 37.0. The molecule has 0 aromatic heterocycles. The SMILES string of the molecule is CC(=O)N[C@H]1C(O)O[C@H](CO)[C@@H](O[C@@H]2O[C@H](CO[C@H]3O[C@H](CO)[C@@H](O)[C@H](O)[C@@H]3O[C@H]3O[C@H](CO)[C@@H](O)[C@H](O)[C@@H]3O[C@H]3O[C@H](CO)[C@@H](O)[C@H](O)[C@@H]3O)[C@@H](O)[C@H](O[C@H]3O[C@H](CO)[C@@H](O)[C@H](O)[C@@H]3O)[C@@H]2O)[C@@H]1O. The van der Waals surface area contributed by atoms with E-state index in [1.54, 1.807) is 0 Å². The van der Waals surface area contributed by atoms with Gasteiger partial charge < -0.3 is 154 Å². The first kappa shape index (κ1) is 57.5. The Morgan fingerprint density at radius 3 is 1.21 bits per heavy atom. The molecule has 6 saturated heterocycles. The van der Waals surface area contributed by atoms with Crippen LogP contribution in [0.4, 0.5) is 0 Å². The third-order valence-electron chi connectivity index (χ3n) is 12.8. The third kappa shape index (κ3) is 12.0. The summed E-state index contributed by atoms with van der Waals surface area (Å²) in [6.07, 6.45) is -56.6. The van der Waals surface area contributed by atoms with Crippen LogP contribution in [0.3, 0.4) is 0 Å². The molecule has 30 atom stereocenters. The Labute approximate surface area is 395 Å². The minimum Gasteiger partial charge on any atom is -0.394 e. The summed E-state index contributed by atoms with van der Waals surface area (Å²) in [5.74, 6) is -0.752. The quantitative estimate of drug-likeness (QED) is 0.0643. The molecule has 6 aliphatic rings. The monoisotopic (exact) mass is 1030 g/mol. The highest BCUT2D eigenvalue weighted by Gasteiger charge is 2.57. The Kier molecular flexibility index (Phi) is 20.3. The van der Waals surface area contributed by atoms with Gasteiger partial charge in [-0.25, -0.2) is 0 Å². The highest BCUT2D eigenvalue weighted by molar-refractivity contribution is 5.73. The lowest BCUT2D eigenvalue weighted by Gasteiger charge is -2.49. The lowest BCUT2D eigenvalue weighted by Crippen LogP contribution is -2.68. The standard InChI is InChI=1S/C38H65NO31/c1-8(45)39-15-21(51)29(13(6-44)61-33(15)59)67-36-28(58)30(68-34-26(56)22(52)16(46)9(2-40)62-34)20(50)14(66-36)7-60-37-31(24(54)18(48)11(4-42)64-37)70-38-32(25(55)19(49)12(5-43)65-38)69-35-27(57)23(53)17(47)10(3-41)63-35/h9-38,40-44,46-59H,2-7H2,1H3,(H,39,45)/t9-,10-,11-,12-,13-,14-,15-,16-,17-,18-,19-,20-,21-,22+,23+,24+,25+,26+,27+,28+,29-,30+,31+,32+,33?,34-,35-,36+,37+,38-/m1/s1. The van der Waals surface area contributed by atoms with Gasteiger partial charge in [-0.15, -0.1) is 0 Å². The van der Waals surface area contributed by atoms with Gasteiger partial charge in [0.2, 0.25) is 5.91 Å². The molecule has 6 fully saturated rings. The molecule has 0 aliphatic carbocycles. The second-order valence-electron chi connectivity index (χ2n) is 17.5. The van der Waals surface area contributed by atoms with Crippen LogP contribution in [-0.4, -0.2) is 327 Å². The number of hydrogen-bond donors (Lipinski definition) is 20. The van der Waals surface area contributed by atoms with Gasteiger partial charge in [0, 0.05) is 6.92 Å². The summed E-state index contributed by atoms with van der Waals surface area (Å²) in [4.78, 5) is 11.9. The van der Waals surface area contributed by atoms with Crippen molar-refractivity contribution in [2.45, 2.75) is 191 Å². The van der Waals surface area contributed by atoms with Crippen LogP contribution < -0.4 is 5.32 Å². The van der Waals surface area contributed by atoms with E-state index in [0.717, 1.165) is 6.92 Å².